The van der Waals surface area contributed by atoms with Gasteiger partial charge in [0, 0.05) is 5.56 Å². The molecule has 1 aliphatic heterocycles. The second-order valence-electron chi connectivity index (χ2n) is 8.81. The molecule has 0 bridgehead atoms. The SMILES string of the molecule is CCOC(=O)c1ccc(N2C(=O)C(=C(O)c3ccc(OC)cc3-c3cccc(-c4ccccc4)c3)SC2=S)cc1. The predicted molar refractivity (Wildman–Crippen MR) is 163 cm³/mol. The number of benzene rings is 4. The van der Waals surface area contributed by atoms with Crippen molar-refractivity contribution in [3.63, 3.8) is 0 Å². The lowest BCUT2D eigenvalue weighted by atomic mass is 9.94. The predicted octanol–water partition coefficient (Wildman–Crippen LogP) is 7.50. The van der Waals surface area contributed by atoms with E-state index in [1.165, 1.54) is 4.90 Å². The van der Waals surface area contributed by atoms with Gasteiger partial charge in [-0.25, -0.2) is 4.79 Å². The summed E-state index contributed by atoms with van der Waals surface area (Å²) in [6.07, 6.45) is 0. The quantitative estimate of drug-likeness (QED) is 0.107. The number of rotatable bonds is 7. The number of thiocarbonyl (C=S) groups is 1. The molecule has 1 N–H and O–H groups in total. The van der Waals surface area contributed by atoms with Crippen LogP contribution in [0.1, 0.15) is 22.8 Å². The minimum atomic E-state index is -0.448. The van der Waals surface area contributed by atoms with E-state index >= 15 is 0 Å². The van der Waals surface area contributed by atoms with Crippen LogP contribution in [0.3, 0.4) is 0 Å². The Morgan fingerprint density at radius 3 is 2.30 bits per heavy atom. The Bertz CT molecular complexity index is 1630. The highest BCUT2D eigenvalue weighted by Gasteiger charge is 2.37. The van der Waals surface area contributed by atoms with Crippen molar-refractivity contribution in [3.05, 3.63) is 113 Å². The largest absolute Gasteiger partial charge is 0.506 e. The van der Waals surface area contributed by atoms with Crippen LogP contribution < -0.4 is 9.64 Å². The molecule has 8 heteroatoms. The molecule has 200 valence electrons. The van der Waals surface area contributed by atoms with Crippen LogP contribution in [-0.4, -0.2) is 35.0 Å². The molecule has 0 aromatic heterocycles. The minimum absolute atomic E-state index is 0.116. The van der Waals surface area contributed by atoms with E-state index in [2.05, 4.69) is 0 Å². The van der Waals surface area contributed by atoms with Crippen LogP contribution in [0.4, 0.5) is 5.69 Å². The van der Waals surface area contributed by atoms with Crippen molar-refractivity contribution in [3.8, 4) is 28.0 Å². The summed E-state index contributed by atoms with van der Waals surface area (Å²) in [5.41, 5.74) is 4.98. The number of nitrogens with zero attached hydrogens (tertiary/aromatic N) is 1. The minimum Gasteiger partial charge on any atom is -0.506 e. The average molecular weight is 568 g/mol. The zero-order valence-corrected chi connectivity index (χ0v) is 23.4. The second-order valence-corrected chi connectivity index (χ2v) is 10.5. The Balaban J connectivity index is 1.53. The standard InChI is InChI=1S/C32H25NO5S2/c1-3-38-31(36)21-12-14-24(15-13-21)33-30(35)29(40-32(33)39)28(34)26-17-16-25(37-2)19-27(26)23-11-7-10-22(18-23)20-8-5-4-6-9-20/h4-19,34H,3H2,1-2H3. The van der Waals surface area contributed by atoms with E-state index < -0.39 is 11.9 Å². The smallest absolute Gasteiger partial charge is 0.338 e. The lowest BCUT2D eigenvalue weighted by Gasteiger charge is -2.15. The summed E-state index contributed by atoms with van der Waals surface area (Å²) in [6, 6.07) is 29.7. The van der Waals surface area contributed by atoms with Crippen LogP contribution >= 0.6 is 24.0 Å². The van der Waals surface area contributed by atoms with Gasteiger partial charge in [0.05, 0.1) is 25.0 Å². The van der Waals surface area contributed by atoms with Crippen LogP contribution in [0.2, 0.25) is 0 Å². The van der Waals surface area contributed by atoms with Gasteiger partial charge in [-0.15, -0.1) is 0 Å². The van der Waals surface area contributed by atoms with Gasteiger partial charge in [-0.05, 0) is 77.7 Å². The van der Waals surface area contributed by atoms with Gasteiger partial charge in [-0.1, -0.05) is 72.5 Å². The van der Waals surface area contributed by atoms with E-state index in [-0.39, 0.29) is 21.6 Å². The highest BCUT2D eigenvalue weighted by atomic mass is 32.2. The van der Waals surface area contributed by atoms with Gasteiger partial charge >= 0.3 is 5.97 Å². The van der Waals surface area contributed by atoms with Crippen LogP contribution in [0.25, 0.3) is 28.0 Å². The van der Waals surface area contributed by atoms with E-state index in [0.29, 0.717) is 28.1 Å². The van der Waals surface area contributed by atoms with E-state index in [4.69, 9.17) is 21.7 Å². The normalized spacial score (nSPS) is 14.3. The van der Waals surface area contributed by atoms with Crippen LogP contribution in [-0.2, 0) is 9.53 Å². The van der Waals surface area contributed by atoms with Crippen molar-refractivity contribution < 1.29 is 24.2 Å². The van der Waals surface area contributed by atoms with Gasteiger partial charge in [0.1, 0.15) is 16.4 Å². The summed E-state index contributed by atoms with van der Waals surface area (Å²) in [6.45, 7) is 2.00. The Labute approximate surface area is 241 Å². The van der Waals surface area contributed by atoms with Crippen LogP contribution in [0.5, 0.6) is 5.75 Å². The van der Waals surface area contributed by atoms with Gasteiger partial charge in [-0.3, -0.25) is 9.69 Å². The molecule has 4 aromatic carbocycles. The Morgan fingerprint density at radius 1 is 0.900 bits per heavy atom. The van der Waals surface area contributed by atoms with Crippen molar-refractivity contribution in [2.75, 3.05) is 18.6 Å². The van der Waals surface area contributed by atoms with Crippen molar-refractivity contribution >= 4 is 51.6 Å². The topological polar surface area (TPSA) is 76.1 Å². The third-order valence-electron chi connectivity index (χ3n) is 6.38. The number of ether oxygens (including phenoxy) is 2. The summed E-state index contributed by atoms with van der Waals surface area (Å²) < 4.78 is 10.8. The molecule has 0 spiro atoms. The first-order valence-electron chi connectivity index (χ1n) is 12.5. The lowest BCUT2D eigenvalue weighted by Crippen LogP contribution is -2.27. The number of amides is 1. The number of esters is 1. The monoisotopic (exact) mass is 567 g/mol. The van der Waals surface area contributed by atoms with E-state index in [1.807, 2.05) is 60.7 Å². The van der Waals surface area contributed by atoms with Crippen LogP contribution in [0, 0.1) is 0 Å². The Kier molecular flexibility index (Phi) is 8.00. The van der Waals surface area contributed by atoms with Crippen LogP contribution in [0.15, 0.2) is 102 Å². The van der Waals surface area contributed by atoms with Gasteiger partial charge in [-0.2, -0.15) is 0 Å². The maximum absolute atomic E-state index is 13.5. The molecular weight excluding hydrogens is 542 g/mol. The molecule has 1 amide bonds. The zero-order chi connectivity index (χ0) is 28.2. The molecule has 0 saturated carbocycles. The summed E-state index contributed by atoms with van der Waals surface area (Å²) in [7, 11) is 1.58. The highest BCUT2D eigenvalue weighted by Crippen LogP contribution is 2.41. The molecule has 1 saturated heterocycles. The molecule has 4 aromatic rings. The van der Waals surface area contributed by atoms with Crippen molar-refractivity contribution in [1.29, 1.82) is 0 Å². The fourth-order valence-corrected chi connectivity index (χ4v) is 5.69. The van der Waals surface area contributed by atoms with E-state index in [0.717, 1.165) is 28.5 Å². The molecule has 5 rings (SSSR count). The first-order chi connectivity index (χ1) is 19.4. The lowest BCUT2D eigenvalue weighted by molar-refractivity contribution is -0.113. The third kappa shape index (κ3) is 5.36. The molecular formula is C32H25NO5S2. The number of methoxy groups -OCH3 is 1. The highest BCUT2D eigenvalue weighted by molar-refractivity contribution is 8.27. The Hall–Kier alpha value is -4.40. The molecule has 1 fully saturated rings. The first kappa shape index (κ1) is 27.2. The molecule has 0 atom stereocenters. The number of anilines is 1. The maximum Gasteiger partial charge on any atom is 0.338 e. The number of hydrogen-bond donors (Lipinski definition) is 1. The molecule has 0 aliphatic carbocycles. The van der Waals surface area contributed by atoms with Crippen molar-refractivity contribution in [2.45, 2.75) is 6.92 Å². The fourth-order valence-electron chi connectivity index (χ4n) is 4.41. The number of carbonyl (C=O) groups is 2. The molecule has 40 heavy (non-hydrogen) atoms. The first-order valence-corrected chi connectivity index (χ1v) is 13.7. The third-order valence-corrected chi connectivity index (χ3v) is 7.75. The molecule has 0 unspecified atom stereocenters. The van der Waals surface area contributed by atoms with E-state index in [1.54, 1.807) is 50.4 Å². The molecule has 1 heterocycles. The second kappa shape index (κ2) is 11.8. The van der Waals surface area contributed by atoms with Gasteiger partial charge in [0.25, 0.3) is 5.91 Å². The average Bonchev–Trinajstić information content (AvgIpc) is 3.30. The number of carbonyl (C=O) groups excluding carboxylic acids is 2. The number of aliphatic hydroxyl groups excluding tert-OH is 1. The van der Waals surface area contributed by atoms with Crippen molar-refractivity contribution in [2.24, 2.45) is 0 Å². The van der Waals surface area contributed by atoms with Crippen molar-refractivity contribution in [1.82, 2.24) is 0 Å². The molecule has 0 radical (unpaired) electrons. The molecule has 1 aliphatic rings. The summed E-state index contributed by atoms with van der Waals surface area (Å²) in [5.74, 6) is -0.451. The number of aliphatic hydroxyl groups is 1. The summed E-state index contributed by atoms with van der Waals surface area (Å²) in [4.78, 5) is 27.0. The van der Waals surface area contributed by atoms with Gasteiger partial charge < -0.3 is 14.6 Å². The van der Waals surface area contributed by atoms with E-state index in [9.17, 15) is 14.7 Å². The summed E-state index contributed by atoms with van der Waals surface area (Å²) in [5, 5.41) is 11.5. The number of hydrogen-bond acceptors (Lipinski definition) is 7. The zero-order valence-electron chi connectivity index (χ0n) is 21.8. The summed E-state index contributed by atoms with van der Waals surface area (Å²) >= 11 is 6.55. The maximum atomic E-state index is 13.5. The molecule has 6 nitrogen and oxygen atoms in total. The fraction of sp³-hybridized carbons (Fsp3) is 0.0938. The van der Waals surface area contributed by atoms with Gasteiger partial charge in [0.15, 0.2) is 4.32 Å². The number of thioether (sulfide) groups is 1. The van der Waals surface area contributed by atoms with Gasteiger partial charge in [0.2, 0.25) is 0 Å². The Morgan fingerprint density at radius 2 is 1.60 bits per heavy atom.